The average molecular weight is 357 g/mol. The molecular formula is C15H11BrF2OS. The van der Waals surface area contributed by atoms with E-state index >= 15 is 0 Å². The van der Waals surface area contributed by atoms with E-state index < -0.39 is 11.6 Å². The molecule has 0 amide bonds. The van der Waals surface area contributed by atoms with Crippen LogP contribution >= 0.6 is 27.7 Å². The Bertz CT molecular complexity index is 628. The van der Waals surface area contributed by atoms with Crippen molar-refractivity contribution in [3.05, 3.63) is 64.1 Å². The third-order valence-electron chi connectivity index (χ3n) is 2.70. The quantitative estimate of drug-likeness (QED) is 0.560. The number of ketones is 1. The van der Waals surface area contributed by atoms with Gasteiger partial charge in [-0.1, -0.05) is 28.1 Å². The van der Waals surface area contributed by atoms with Crippen molar-refractivity contribution in [3.63, 3.8) is 0 Å². The Kier molecular flexibility index (Phi) is 4.94. The van der Waals surface area contributed by atoms with Gasteiger partial charge in [-0.3, -0.25) is 4.79 Å². The minimum atomic E-state index is -0.904. The highest BCUT2D eigenvalue weighted by Crippen LogP contribution is 2.27. The van der Waals surface area contributed by atoms with E-state index in [1.54, 1.807) is 31.2 Å². The zero-order valence-electron chi connectivity index (χ0n) is 10.6. The molecule has 0 spiro atoms. The van der Waals surface area contributed by atoms with Gasteiger partial charge in [0.05, 0.1) is 5.25 Å². The zero-order valence-corrected chi connectivity index (χ0v) is 13.0. The van der Waals surface area contributed by atoms with Gasteiger partial charge in [0.1, 0.15) is 0 Å². The summed E-state index contributed by atoms with van der Waals surface area (Å²) in [4.78, 5) is 12.7. The second kappa shape index (κ2) is 6.50. The Labute approximate surface area is 128 Å². The second-order valence-corrected chi connectivity index (χ2v) is 6.54. The molecule has 1 atom stereocenters. The van der Waals surface area contributed by atoms with Crippen LogP contribution in [0, 0.1) is 11.6 Å². The number of carbonyl (C=O) groups is 1. The summed E-state index contributed by atoms with van der Waals surface area (Å²) in [5.74, 6) is -1.84. The monoisotopic (exact) mass is 356 g/mol. The first-order valence-corrected chi connectivity index (χ1v) is 7.56. The third kappa shape index (κ3) is 3.67. The second-order valence-electron chi connectivity index (χ2n) is 4.21. The fourth-order valence-electron chi connectivity index (χ4n) is 1.66. The molecule has 0 aliphatic rings. The van der Waals surface area contributed by atoms with Crippen molar-refractivity contribution in [3.8, 4) is 0 Å². The zero-order chi connectivity index (χ0) is 14.7. The van der Waals surface area contributed by atoms with E-state index in [1.165, 1.54) is 17.8 Å². The molecule has 20 heavy (non-hydrogen) atoms. The summed E-state index contributed by atoms with van der Waals surface area (Å²) in [6.45, 7) is 1.75. The number of hydrogen-bond donors (Lipinski definition) is 0. The lowest BCUT2D eigenvalue weighted by atomic mass is 10.1. The molecule has 104 valence electrons. The molecule has 1 unspecified atom stereocenters. The van der Waals surface area contributed by atoms with Gasteiger partial charge < -0.3 is 0 Å². The van der Waals surface area contributed by atoms with E-state index in [0.29, 0.717) is 10.5 Å². The largest absolute Gasteiger partial charge is 0.293 e. The van der Waals surface area contributed by atoms with Crippen molar-refractivity contribution in [1.82, 2.24) is 0 Å². The van der Waals surface area contributed by atoms with Gasteiger partial charge >= 0.3 is 0 Å². The van der Waals surface area contributed by atoms with Gasteiger partial charge in [0, 0.05) is 14.9 Å². The summed E-state index contributed by atoms with van der Waals surface area (Å²) in [6, 6.07) is 10.7. The molecule has 0 N–H and O–H groups in total. The molecule has 0 aliphatic carbocycles. The Morgan fingerprint density at radius 1 is 1.10 bits per heavy atom. The van der Waals surface area contributed by atoms with Crippen LogP contribution < -0.4 is 0 Å². The topological polar surface area (TPSA) is 17.1 Å². The van der Waals surface area contributed by atoms with Gasteiger partial charge in [0.15, 0.2) is 17.4 Å². The summed E-state index contributed by atoms with van der Waals surface area (Å²) >= 11 is 4.51. The number of thioether (sulfide) groups is 1. The fraction of sp³-hybridized carbons (Fsp3) is 0.133. The maximum atomic E-state index is 13.1. The predicted molar refractivity (Wildman–Crippen MR) is 80.1 cm³/mol. The molecule has 0 radical (unpaired) electrons. The maximum absolute atomic E-state index is 13.1. The van der Waals surface area contributed by atoms with Crippen LogP contribution in [0.5, 0.6) is 0 Å². The minimum absolute atomic E-state index is 0.0489. The van der Waals surface area contributed by atoms with Crippen molar-refractivity contribution in [2.75, 3.05) is 0 Å². The Morgan fingerprint density at radius 3 is 2.35 bits per heavy atom. The molecule has 0 saturated carbocycles. The van der Waals surface area contributed by atoms with Crippen LogP contribution in [0.3, 0.4) is 0 Å². The molecule has 5 heteroatoms. The molecule has 0 heterocycles. The first-order chi connectivity index (χ1) is 9.47. The lowest BCUT2D eigenvalue weighted by molar-refractivity contribution is 0.0994. The van der Waals surface area contributed by atoms with E-state index in [-0.39, 0.29) is 11.0 Å². The number of Topliss-reactive ketones (excluding diaryl/α,β-unsaturated/α-hetero) is 1. The summed E-state index contributed by atoms with van der Waals surface area (Å²) in [7, 11) is 0. The smallest absolute Gasteiger partial charge is 0.175 e. The van der Waals surface area contributed by atoms with Crippen LogP contribution in [-0.4, -0.2) is 11.0 Å². The average Bonchev–Trinajstić information content (AvgIpc) is 2.43. The number of benzene rings is 2. The maximum Gasteiger partial charge on any atom is 0.175 e. The molecular weight excluding hydrogens is 346 g/mol. The van der Waals surface area contributed by atoms with Gasteiger partial charge in [0.25, 0.3) is 0 Å². The normalized spacial score (nSPS) is 12.2. The number of hydrogen-bond acceptors (Lipinski definition) is 2. The van der Waals surface area contributed by atoms with Gasteiger partial charge in [-0.2, -0.15) is 0 Å². The van der Waals surface area contributed by atoms with Crippen molar-refractivity contribution in [2.45, 2.75) is 17.1 Å². The number of carbonyl (C=O) groups excluding carboxylic acids is 1. The van der Waals surface area contributed by atoms with Crippen molar-refractivity contribution < 1.29 is 13.6 Å². The highest BCUT2D eigenvalue weighted by atomic mass is 79.9. The molecule has 0 bridgehead atoms. The Balaban J connectivity index is 2.11. The van der Waals surface area contributed by atoms with Crippen molar-refractivity contribution in [2.24, 2.45) is 0 Å². The van der Waals surface area contributed by atoms with Crippen LogP contribution in [0.1, 0.15) is 17.3 Å². The number of rotatable bonds is 4. The molecule has 2 aromatic rings. The highest BCUT2D eigenvalue weighted by Gasteiger charge is 2.17. The van der Waals surface area contributed by atoms with Gasteiger partial charge in [0.2, 0.25) is 0 Å². The summed E-state index contributed by atoms with van der Waals surface area (Å²) in [6.07, 6.45) is 0. The van der Waals surface area contributed by atoms with Crippen molar-refractivity contribution >= 4 is 33.5 Å². The lowest BCUT2D eigenvalue weighted by Crippen LogP contribution is -2.13. The van der Waals surface area contributed by atoms with Crippen LogP contribution in [0.15, 0.2) is 51.8 Å². The van der Waals surface area contributed by atoms with E-state index in [9.17, 15) is 13.6 Å². The lowest BCUT2D eigenvalue weighted by Gasteiger charge is -2.10. The van der Waals surface area contributed by atoms with Crippen LogP contribution in [0.25, 0.3) is 0 Å². The van der Waals surface area contributed by atoms with Crippen LogP contribution in [0.2, 0.25) is 0 Å². The molecule has 2 aromatic carbocycles. The molecule has 1 nitrogen and oxygen atoms in total. The summed E-state index contributed by atoms with van der Waals surface area (Å²) < 4.78 is 26.9. The molecule has 0 saturated heterocycles. The van der Waals surface area contributed by atoms with Gasteiger partial charge in [-0.05, 0) is 37.3 Å². The van der Waals surface area contributed by atoms with E-state index in [1.807, 2.05) is 0 Å². The van der Waals surface area contributed by atoms with Crippen LogP contribution in [-0.2, 0) is 0 Å². The fourth-order valence-corrected chi connectivity index (χ4v) is 2.89. The number of halogens is 3. The molecule has 0 fully saturated rings. The Morgan fingerprint density at radius 2 is 1.75 bits per heavy atom. The SMILES string of the molecule is CC(Sc1ccc(F)c(F)c1)C(=O)c1ccc(Br)cc1. The van der Waals surface area contributed by atoms with E-state index in [4.69, 9.17) is 0 Å². The summed E-state index contributed by atoms with van der Waals surface area (Å²) in [5, 5.41) is -0.374. The standard InChI is InChI=1S/C15H11BrF2OS/c1-9(15(19)10-2-4-11(16)5-3-10)20-12-6-7-13(17)14(18)8-12/h2-9H,1H3. The van der Waals surface area contributed by atoms with Gasteiger partial charge in [-0.15, -0.1) is 11.8 Å². The first kappa shape index (κ1) is 15.2. The van der Waals surface area contributed by atoms with E-state index in [0.717, 1.165) is 16.6 Å². The van der Waals surface area contributed by atoms with Crippen LogP contribution in [0.4, 0.5) is 8.78 Å². The molecule has 0 aromatic heterocycles. The third-order valence-corrected chi connectivity index (χ3v) is 4.32. The molecule has 0 aliphatic heterocycles. The van der Waals surface area contributed by atoms with E-state index in [2.05, 4.69) is 15.9 Å². The Hall–Kier alpha value is -1.20. The summed E-state index contributed by atoms with van der Waals surface area (Å²) in [5.41, 5.74) is 0.593. The minimum Gasteiger partial charge on any atom is -0.293 e. The highest BCUT2D eigenvalue weighted by molar-refractivity contribution is 9.10. The van der Waals surface area contributed by atoms with Crippen molar-refractivity contribution in [1.29, 1.82) is 0 Å². The first-order valence-electron chi connectivity index (χ1n) is 5.89. The molecule has 2 rings (SSSR count). The van der Waals surface area contributed by atoms with Gasteiger partial charge in [-0.25, -0.2) is 8.78 Å². The predicted octanol–water partition coefficient (Wildman–Crippen LogP) is 5.09.